The number of halogens is 2. The van der Waals surface area contributed by atoms with Crippen molar-refractivity contribution in [1.29, 1.82) is 0 Å². The molecule has 4 nitrogen and oxygen atoms in total. The van der Waals surface area contributed by atoms with Crippen molar-refractivity contribution in [3.05, 3.63) is 59.7 Å². The second-order valence-electron chi connectivity index (χ2n) is 5.46. The van der Waals surface area contributed by atoms with Crippen LogP contribution in [0.1, 0.15) is 11.1 Å². The first kappa shape index (κ1) is 18.2. The summed E-state index contributed by atoms with van der Waals surface area (Å²) in [5.74, 6) is 0.463. The summed E-state index contributed by atoms with van der Waals surface area (Å²) in [6.07, 6.45) is 0.667. The second kappa shape index (κ2) is 8.66. The van der Waals surface area contributed by atoms with Gasteiger partial charge in [0, 0.05) is 18.3 Å². The van der Waals surface area contributed by atoms with Crippen LogP contribution in [0.15, 0.2) is 48.5 Å². The molecule has 0 saturated heterocycles. The Kier molecular flexibility index (Phi) is 6.58. The van der Waals surface area contributed by atoms with Gasteiger partial charge in [-0.3, -0.25) is 4.79 Å². The van der Waals surface area contributed by atoms with Crippen LogP contribution in [0.3, 0.4) is 0 Å². The Bertz CT molecular complexity index is 696. The molecule has 0 spiro atoms. The SMILES string of the molecule is Cl.O=C(Nc1cccc(OCCF)c1)C1Cc2ccccc2CN1. The number of carbonyl (C=O) groups excluding carboxylic acids is 1. The molecule has 0 fully saturated rings. The number of benzene rings is 2. The Balaban J connectivity index is 0.00000208. The summed E-state index contributed by atoms with van der Waals surface area (Å²) in [5, 5.41) is 6.14. The molecular weight excluding hydrogens is 331 g/mol. The zero-order valence-corrected chi connectivity index (χ0v) is 13.9. The van der Waals surface area contributed by atoms with Gasteiger partial charge in [0.05, 0.1) is 6.04 Å². The number of ether oxygens (including phenoxy) is 1. The van der Waals surface area contributed by atoms with Crippen molar-refractivity contribution in [2.75, 3.05) is 18.6 Å². The number of fused-ring (bicyclic) bond motifs is 1. The Hall–Kier alpha value is -2.11. The first-order valence-electron chi connectivity index (χ1n) is 7.66. The minimum Gasteiger partial charge on any atom is -0.491 e. The number of alkyl halides is 1. The number of rotatable bonds is 5. The molecule has 128 valence electrons. The zero-order valence-electron chi connectivity index (χ0n) is 13.1. The predicted octanol–water partition coefficient (Wildman–Crippen LogP) is 3.11. The fourth-order valence-corrected chi connectivity index (χ4v) is 2.69. The van der Waals surface area contributed by atoms with Gasteiger partial charge in [0.15, 0.2) is 0 Å². The van der Waals surface area contributed by atoms with Gasteiger partial charge in [-0.1, -0.05) is 30.3 Å². The molecule has 1 amide bonds. The molecule has 2 N–H and O–H groups in total. The van der Waals surface area contributed by atoms with Crippen LogP contribution in [0.2, 0.25) is 0 Å². The van der Waals surface area contributed by atoms with E-state index in [4.69, 9.17) is 4.74 Å². The third-order valence-corrected chi connectivity index (χ3v) is 3.85. The molecule has 2 aromatic carbocycles. The summed E-state index contributed by atoms with van der Waals surface area (Å²) in [6.45, 7) is 0.161. The summed E-state index contributed by atoms with van der Waals surface area (Å²) in [7, 11) is 0. The molecule has 1 aliphatic heterocycles. The van der Waals surface area contributed by atoms with Crippen LogP contribution in [-0.4, -0.2) is 25.2 Å². The maximum atomic E-state index is 12.4. The van der Waals surface area contributed by atoms with E-state index >= 15 is 0 Å². The lowest BCUT2D eigenvalue weighted by molar-refractivity contribution is -0.118. The first-order valence-corrected chi connectivity index (χ1v) is 7.66. The highest BCUT2D eigenvalue weighted by molar-refractivity contribution is 5.95. The average molecular weight is 351 g/mol. The van der Waals surface area contributed by atoms with Gasteiger partial charge in [0.1, 0.15) is 19.0 Å². The fraction of sp³-hybridized carbons (Fsp3) is 0.278. The molecule has 0 aromatic heterocycles. The van der Waals surface area contributed by atoms with E-state index in [1.54, 1.807) is 24.3 Å². The van der Waals surface area contributed by atoms with E-state index in [2.05, 4.69) is 22.8 Å². The molecule has 0 bridgehead atoms. The van der Waals surface area contributed by atoms with E-state index in [1.807, 2.05) is 12.1 Å². The number of hydrogen-bond acceptors (Lipinski definition) is 3. The van der Waals surface area contributed by atoms with Crippen molar-refractivity contribution in [2.24, 2.45) is 0 Å². The van der Waals surface area contributed by atoms with Gasteiger partial charge in [-0.15, -0.1) is 12.4 Å². The number of hydrogen-bond donors (Lipinski definition) is 2. The Morgan fingerprint density at radius 1 is 1.21 bits per heavy atom. The third kappa shape index (κ3) is 4.46. The van der Waals surface area contributed by atoms with Crippen LogP contribution < -0.4 is 15.4 Å². The van der Waals surface area contributed by atoms with Crippen LogP contribution in [0.25, 0.3) is 0 Å². The normalized spacial score (nSPS) is 15.8. The highest BCUT2D eigenvalue weighted by atomic mass is 35.5. The van der Waals surface area contributed by atoms with Crippen molar-refractivity contribution in [2.45, 2.75) is 19.0 Å². The quantitative estimate of drug-likeness (QED) is 0.871. The van der Waals surface area contributed by atoms with Crippen LogP contribution >= 0.6 is 12.4 Å². The highest BCUT2D eigenvalue weighted by Crippen LogP contribution is 2.20. The number of carbonyl (C=O) groups is 1. The molecule has 0 aliphatic carbocycles. The van der Waals surface area contributed by atoms with Crippen molar-refractivity contribution in [1.82, 2.24) is 5.32 Å². The minimum atomic E-state index is -0.540. The molecule has 0 radical (unpaired) electrons. The van der Waals surface area contributed by atoms with Crippen molar-refractivity contribution in [3.63, 3.8) is 0 Å². The summed E-state index contributed by atoms with van der Waals surface area (Å²) in [4.78, 5) is 12.4. The van der Waals surface area contributed by atoms with E-state index in [9.17, 15) is 9.18 Å². The molecule has 1 aliphatic rings. The second-order valence-corrected chi connectivity index (χ2v) is 5.46. The van der Waals surface area contributed by atoms with Crippen LogP contribution in [0, 0.1) is 0 Å². The largest absolute Gasteiger partial charge is 0.491 e. The maximum absolute atomic E-state index is 12.4. The standard InChI is InChI=1S/C18H19FN2O2.ClH/c19-8-9-23-16-7-3-6-15(11-16)21-18(22)17-10-13-4-1-2-5-14(13)12-20-17;/h1-7,11,17,20H,8-10,12H2,(H,21,22);1H. The van der Waals surface area contributed by atoms with Crippen molar-refractivity contribution in [3.8, 4) is 5.75 Å². The smallest absolute Gasteiger partial charge is 0.241 e. The van der Waals surface area contributed by atoms with E-state index in [0.717, 1.165) is 0 Å². The average Bonchev–Trinajstić information content (AvgIpc) is 2.60. The lowest BCUT2D eigenvalue weighted by atomic mass is 9.95. The van der Waals surface area contributed by atoms with Crippen LogP contribution in [-0.2, 0) is 17.8 Å². The monoisotopic (exact) mass is 350 g/mol. The maximum Gasteiger partial charge on any atom is 0.241 e. The molecule has 6 heteroatoms. The van der Waals surface area contributed by atoms with Crippen molar-refractivity contribution < 1.29 is 13.9 Å². The van der Waals surface area contributed by atoms with E-state index in [-0.39, 0.29) is 31.0 Å². The summed E-state index contributed by atoms with van der Waals surface area (Å²) >= 11 is 0. The summed E-state index contributed by atoms with van der Waals surface area (Å²) < 4.78 is 17.4. The molecule has 0 saturated carbocycles. The molecule has 1 atom stereocenters. The number of anilines is 1. The lowest BCUT2D eigenvalue weighted by Crippen LogP contribution is -2.44. The van der Waals surface area contributed by atoms with Gasteiger partial charge in [-0.2, -0.15) is 0 Å². The molecule has 3 rings (SSSR count). The van der Waals surface area contributed by atoms with Gasteiger partial charge in [-0.05, 0) is 29.7 Å². The van der Waals surface area contributed by atoms with Gasteiger partial charge < -0.3 is 15.4 Å². The van der Waals surface area contributed by atoms with Crippen LogP contribution in [0.4, 0.5) is 10.1 Å². The minimum absolute atomic E-state index is 0. The number of nitrogens with one attached hydrogen (secondary N) is 2. The lowest BCUT2D eigenvalue weighted by Gasteiger charge is -2.25. The zero-order chi connectivity index (χ0) is 16.1. The number of amides is 1. The third-order valence-electron chi connectivity index (χ3n) is 3.85. The van der Waals surface area contributed by atoms with Gasteiger partial charge >= 0.3 is 0 Å². The fourth-order valence-electron chi connectivity index (χ4n) is 2.69. The first-order chi connectivity index (χ1) is 11.3. The molecule has 2 aromatic rings. The Morgan fingerprint density at radius 2 is 2.00 bits per heavy atom. The topological polar surface area (TPSA) is 50.4 Å². The van der Waals surface area contributed by atoms with Crippen molar-refractivity contribution >= 4 is 24.0 Å². The summed E-state index contributed by atoms with van der Waals surface area (Å²) in [6, 6.07) is 14.9. The Labute approximate surface area is 146 Å². The van der Waals surface area contributed by atoms with Gasteiger partial charge in [0.25, 0.3) is 0 Å². The van der Waals surface area contributed by atoms with Gasteiger partial charge in [0.2, 0.25) is 5.91 Å². The highest BCUT2D eigenvalue weighted by Gasteiger charge is 2.23. The molecule has 1 unspecified atom stereocenters. The molecule has 24 heavy (non-hydrogen) atoms. The summed E-state index contributed by atoms with van der Waals surface area (Å²) in [5.41, 5.74) is 3.08. The van der Waals surface area contributed by atoms with Crippen LogP contribution in [0.5, 0.6) is 5.75 Å². The predicted molar refractivity (Wildman–Crippen MR) is 94.6 cm³/mol. The Morgan fingerprint density at radius 3 is 2.79 bits per heavy atom. The van der Waals surface area contributed by atoms with E-state index in [0.29, 0.717) is 24.4 Å². The molecular formula is C18H20ClFN2O2. The van der Waals surface area contributed by atoms with E-state index in [1.165, 1.54) is 11.1 Å². The van der Waals surface area contributed by atoms with Gasteiger partial charge in [-0.25, -0.2) is 4.39 Å². The van der Waals surface area contributed by atoms with E-state index < -0.39 is 6.67 Å². The molecule has 1 heterocycles.